The molecule has 0 bridgehead atoms. The van der Waals surface area contributed by atoms with Crippen molar-refractivity contribution in [1.82, 2.24) is 0 Å². The Morgan fingerprint density at radius 2 is 1.26 bits per heavy atom. The van der Waals surface area contributed by atoms with Gasteiger partial charge in [0.05, 0.1) is 19.8 Å². The van der Waals surface area contributed by atoms with Gasteiger partial charge in [-0.1, -0.05) is 124 Å². The molecule has 0 aromatic heterocycles. The van der Waals surface area contributed by atoms with Crippen molar-refractivity contribution in [3.8, 4) is 0 Å². The van der Waals surface area contributed by atoms with Crippen LogP contribution in [-0.2, 0) is 48.9 Å². The quantitative estimate of drug-likeness (QED) is 0.103. The molecule has 0 fully saturated rings. The lowest BCUT2D eigenvalue weighted by Crippen LogP contribution is -2.35. The van der Waals surface area contributed by atoms with Crippen molar-refractivity contribution in [2.75, 3.05) is 13.2 Å². The summed E-state index contributed by atoms with van der Waals surface area (Å²) in [5.41, 5.74) is 3.74. The van der Waals surface area contributed by atoms with Crippen LogP contribution in [0.3, 0.4) is 0 Å². The summed E-state index contributed by atoms with van der Waals surface area (Å²) in [7, 11) is -3.91. The molecule has 7 heteroatoms. The van der Waals surface area contributed by atoms with Crippen LogP contribution in [0.1, 0.15) is 81.0 Å². The number of phosphoric acid groups is 1. The zero-order chi connectivity index (χ0) is 29.5. The molecular formula is C35H46NO5P. The molecule has 226 valence electrons. The van der Waals surface area contributed by atoms with Gasteiger partial charge < -0.3 is 4.74 Å². The Balaban J connectivity index is 1.35. The van der Waals surface area contributed by atoms with Crippen LogP contribution in [0.4, 0.5) is 0 Å². The average molecular weight is 592 g/mol. The summed E-state index contributed by atoms with van der Waals surface area (Å²) in [6, 6.07) is 28.1. The van der Waals surface area contributed by atoms with Crippen molar-refractivity contribution >= 4 is 13.7 Å². The summed E-state index contributed by atoms with van der Waals surface area (Å²) in [4.78, 5) is 4.80. The third-order valence-corrected chi connectivity index (χ3v) is 8.96. The zero-order valence-electron chi connectivity index (χ0n) is 25.2. The number of aliphatic imine (C=N–C) groups is 1. The van der Waals surface area contributed by atoms with Crippen LogP contribution in [0.5, 0.6) is 0 Å². The van der Waals surface area contributed by atoms with Crippen LogP contribution in [-0.4, -0.2) is 24.7 Å². The van der Waals surface area contributed by atoms with Crippen molar-refractivity contribution < 1.29 is 22.9 Å². The molecule has 1 atom stereocenters. The number of hydrogen-bond acceptors (Lipinski definition) is 6. The third kappa shape index (κ3) is 10.8. The number of phosphoric ester groups is 1. The van der Waals surface area contributed by atoms with E-state index in [1.54, 1.807) is 0 Å². The van der Waals surface area contributed by atoms with Gasteiger partial charge in [0.25, 0.3) is 0 Å². The monoisotopic (exact) mass is 591 g/mol. The average Bonchev–Trinajstić information content (AvgIpc) is 3.41. The maximum atomic E-state index is 13.9. The molecule has 0 unspecified atom stereocenters. The third-order valence-electron chi connectivity index (χ3n) is 7.62. The number of aryl methyl sites for hydroxylation is 2. The first kappa shape index (κ1) is 32.2. The first-order chi connectivity index (χ1) is 20.5. The molecule has 0 radical (unpaired) electrons. The molecule has 3 aromatic carbocycles. The van der Waals surface area contributed by atoms with Gasteiger partial charge in [-0.25, -0.2) is 9.56 Å². The minimum absolute atomic E-state index is 0.0707. The van der Waals surface area contributed by atoms with E-state index < -0.39 is 13.4 Å². The van der Waals surface area contributed by atoms with Gasteiger partial charge in [0.15, 0.2) is 5.90 Å². The van der Waals surface area contributed by atoms with Crippen molar-refractivity contribution in [3.05, 3.63) is 107 Å². The molecule has 0 spiro atoms. The zero-order valence-corrected chi connectivity index (χ0v) is 26.1. The van der Waals surface area contributed by atoms with Gasteiger partial charge in [0.2, 0.25) is 0 Å². The van der Waals surface area contributed by atoms with E-state index in [9.17, 15) is 4.57 Å². The van der Waals surface area contributed by atoms with Crippen molar-refractivity contribution in [2.24, 2.45) is 4.99 Å². The van der Waals surface area contributed by atoms with Gasteiger partial charge in [0, 0.05) is 6.92 Å². The van der Waals surface area contributed by atoms with E-state index in [4.69, 9.17) is 23.3 Å². The van der Waals surface area contributed by atoms with Crippen LogP contribution in [0.25, 0.3) is 0 Å². The van der Waals surface area contributed by atoms with Gasteiger partial charge >= 0.3 is 7.82 Å². The molecule has 0 saturated heterocycles. The fraction of sp³-hybridized carbons (Fsp3) is 0.457. The molecule has 3 aromatic rings. The first-order valence-electron chi connectivity index (χ1n) is 15.4. The normalized spacial score (nSPS) is 16.8. The van der Waals surface area contributed by atoms with E-state index in [2.05, 4.69) is 31.2 Å². The minimum atomic E-state index is -3.91. The Morgan fingerprint density at radius 3 is 1.81 bits per heavy atom. The Hall–Kier alpha value is -2.76. The Kier molecular flexibility index (Phi) is 12.8. The molecule has 42 heavy (non-hydrogen) atoms. The Bertz CT molecular complexity index is 1220. The van der Waals surface area contributed by atoms with Crippen molar-refractivity contribution in [1.29, 1.82) is 0 Å². The predicted molar refractivity (Wildman–Crippen MR) is 170 cm³/mol. The maximum absolute atomic E-state index is 13.9. The van der Waals surface area contributed by atoms with Gasteiger partial charge in [-0.2, -0.15) is 0 Å². The van der Waals surface area contributed by atoms with E-state index in [1.807, 2.05) is 67.6 Å². The molecule has 1 heterocycles. The van der Waals surface area contributed by atoms with Crippen LogP contribution < -0.4 is 0 Å². The Morgan fingerprint density at radius 1 is 0.714 bits per heavy atom. The van der Waals surface area contributed by atoms with E-state index in [-0.39, 0.29) is 19.8 Å². The van der Waals surface area contributed by atoms with Crippen molar-refractivity contribution in [3.63, 3.8) is 0 Å². The fourth-order valence-electron chi connectivity index (χ4n) is 5.04. The molecular weight excluding hydrogens is 545 g/mol. The van der Waals surface area contributed by atoms with E-state index in [0.29, 0.717) is 18.9 Å². The van der Waals surface area contributed by atoms with Gasteiger partial charge in [0.1, 0.15) is 12.1 Å². The molecule has 1 aliphatic rings. The highest BCUT2D eigenvalue weighted by Crippen LogP contribution is 2.52. The molecule has 0 N–H and O–H groups in total. The highest BCUT2D eigenvalue weighted by molar-refractivity contribution is 7.48. The SMILES string of the molecule is CCCCCCCCc1ccc(CC[C@@]2(COP(=O)(OCc3ccccc3)OCc3ccccc3)COC(C)=N2)cc1. The van der Waals surface area contributed by atoms with E-state index >= 15 is 0 Å². The van der Waals surface area contributed by atoms with Crippen LogP contribution in [0.15, 0.2) is 89.9 Å². The molecule has 1 aliphatic heterocycles. The number of hydrogen-bond donors (Lipinski definition) is 0. The lowest BCUT2D eigenvalue weighted by Gasteiger charge is -2.26. The fourth-order valence-corrected chi connectivity index (χ4v) is 6.27. The lowest BCUT2D eigenvalue weighted by molar-refractivity contribution is 0.0760. The number of nitrogens with zero attached hydrogens (tertiary/aromatic N) is 1. The lowest BCUT2D eigenvalue weighted by atomic mass is 9.93. The van der Waals surface area contributed by atoms with Gasteiger partial charge in [-0.3, -0.25) is 13.6 Å². The second kappa shape index (κ2) is 16.8. The molecule has 0 amide bonds. The summed E-state index contributed by atoms with van der Waals surface area (Å²) in [5, 5.41) is 0. The van der Waals surface area contributed by atoms with Crippen LogP contribution in [0, 0.1) is 0 Å². The number of benzene rings is 3. The van der Waals surface area contributed by atoms with Gasteiger partial charge in [-0.15, -0.1) is 0 Å². The smallest absolute Gasteiger partial charge is 0.475 e. The highest BCUT2D eigenvalue weighted by atomic mass is 31.2. The highest BCUT2D eigenvalue weighted by Gasteiger charge is 2.39. The predicted octanol–water partition coefficient (Wildman–Crippen LogP) is 9.27. The second-order valence-electron chi connectivity index (χ2n) is 11.2. The number of ether oxygens (including phenoxy) is 1. The van der Waals surface area contributed by atoms with E-state index in [1.165, 1.54) is 49.7 Å². The molecule has 0 saturated carbocycles. The number of unbranched alkanes of at least 4 members (excludes halogenated alkanes) is 5. The first-order valence-corrected chi connectivity index (χ1v) is 16.8. The topological polar surface area (TPSA) is 66.4 Å². The maximum Gasteiger partial charge on any atom is 0.475 e. The second-order valence-corrected chi connectivity index (χ2v) is 12.9. The number of rotatable bonds is 19. The Labute approximate surface area is 252 Å². The standard InChI is InChI=1S/C35H46NO5P/c1-3-4-5-6-7-10-15-31-20-22-32(23-21-31)24-25-35(28-38-30(2)36-35)29-41-42(37,39-26-33-16-11-8-12-17-33)40-27-34-18-13-9-14-19-34/h8-9,11-14,16-23H,3-7,10,15,24-29H2,1-2H3/t35-/m0/s1. The van der Waals surface area contributed by atoms with Gasteiger partial charge in [-0.05, 0) is 47.9 Å². The van der Waals surface area contributed by atoms with Crippen LogP contribution >= 0.6 is 7.82 Å². The largest absolute Gasteiger partial charge is 0.479 e. The summed E-state index contributed by atoms with van der Waals surface area (Å²) in [6.07, 6.45) is 10.5. The molecule has 0 aliphatic carbocycles. The van der Waals surface area contributed by atoms with E-state index in [0.717, 1.165) is 24.0 Å². The van der Waals surface area contributed by atoms with Crippen LogP contribution in [0.2, 0.25) is 0 Å². The van der Waals surface area contributed by atoms with Crippen molar-refractivity contribution in [2.45, 2.75) is 90.4 Å². The summed E-state index contributed by atoms with van der Waals surface area (Å²) < 4.78 is 37.3. The summed E-state index contributed by atoms with van der Waals surface area (Å²) >= 11 is 0. The summed E-state index contributed by atoms with van der Waals surface area (Å²) in [6.45, 7) is 4.77. The molecule has 4 rings (SSSR count). The minimum Gasteiger partial charge on any atom is -0.479 e. The molecule has 6 nitrogen and oxygen atoms in total. The summed E-state index contributed by atoms with van der Waals surface area (Å²) in [5.74, 6) is 0.609.